The molecule has 1 N–H and O–H groups in total. The van der Waals surface area contributed by atoms with Gasteiger partial charge in [0.05, 0.1) is 13.7 Å². The summed E-state index contributed by atoms with van der Waals surface area (Å²) in [7, 11) is 1.58. The van der Waals surface area contributed by atoms with Gasteiger partial charge in [0, 0.05) is 6.07 Å². The van der Waals surface area contributed by atoms with Crippen LogP contribution in [0.3, 0.4) is 0 Å². The van der Waals surface area contributed by atoms with Crippen LogP contribution in [0.15, 0.2) is 42.5 Å². The van der Waals surface area contributed by atoms with E-state index in [4.69, 9.17) is 14.6 Å². The van der Waals surface area contributed by atoms with Gasteiger partial charge in [0.1, 0.15) is 23.9 Å². The van der Waals surface area contributed by atoms with Crippen molar-refractivity contribution >= 4 is 0 Å². The molecule has 2 rings (SSSR count). The second kappa shape index (κ2) is 6.20. The highest BCUT2D eigenvalue weighted by Crippen LogP contribution is 2.28. The van der Waals surface area contributed by atoms with E-state index in [2.05, 4.69) is 0 Å². The number of benzene rings is 2. The van der Waals surface area contributed by atoms with Crippen LogP contribution >= 0.6 is 0 Å². The first-order valence-corrected chi connectivity index (χ1v) is 5.91. The third-order valence-corrected chi connectivity index (χ3v) is 2.63. The molecule has 2 aromatic carbocycles. The summed E-state index contributed by atoms with van der Waals surface area (Å²) in [6, 6.07) is 11.8. The highest BCUT2D eigenvalue weighted by molar-refractivity contribution is 5.66. The van der Waals surface area contributed by atoms with Crippen LogP contribution in [0.5, 0.6) is 11.5 Å². The molecule has 0 radical (unpaired) electrons. The molecule has 0 unspecified atom stereocenters. The van der Waals surface area contributed by atoms with Gasteiger partial charge >= 0.3 is 0 Å². The number of hydrogen-bond donors (Lipinski definition) is 1. The zero-order chi connectivity index (χ0) is 13.7. The predicted octanol–water partition coefficient (Wildman–Crippen LogP) is 2.87. The minimum atomic E-state index is -0.381. The average Bonchev–Trinajstić information content (AvgIpc) is 2.44. The molecule has 0 bridgehead atoms. The molecule has 19 heavy (non-hydrogen) atoms. The number of aliphatic hydroxyl groups excluding tert-OH is 1. The molecule has 0 aliphatic heterocycles. The molecule has 0 amide bonds. The summed E-state index contributed by atoms with van der Waals surface area (Å²) < 4.78 is 23.9. The fraction of sp³-hybridized carbons (Fsp3) is 0.200. The third kappa shape index (κ3) is 3.45. The number of methoxy groups -OCH3 is 1. The van der Waals surface area contributed by atoms with Crippen molar-refractivity contribution in [2.75, 3.05) is 20.3 Å². The molecular formula is C15H15FO3. The Morgan fingerprint density at radius 3 is 2.58 bits per heavy atom. The van der Waals surface area contributed by atoms with Crippen molar-refractivity contribution in [3.05, 3.63) is 48.3 Å². The van der Waals surface area contributed by atoms with E-state index in [1.165, 1.54) is 12.1 Å². The lowest BCUT2D eigenvalue weighted by atomic mass is 10.1. The predicted molar refractivity (Wildman–Crippen MR) is 71.0 cm³/mol. The third-order valence-electron chi connectivity index (χ3n) is 2.63. The standard InChI is InChI=1S/C15H15FO3/c1-18-14-4-2-3-11(8-14)12-7-13(16)10-15(9-12)19-6-5-17/h2-4,7-10,17H,5-6H2,1H3. The summed E-state index contributed by atoms with van der Waals surface area (Å²) in [6.07, 6.45) is 0. The highest BCUT2D eigenvalue weighted by atomic mass is 19.1. The van der Waals surface area contributed by atoms with Crippen LogP contribution in [0.1, 0.15) is 0 Å². The monoisotopic (exact) mass is 262 g/mol. The van der Waals surface area contributed by atoms with Crippen molar-refractivity contribution in [3.8, 4) is 22.6 Å². The fourth-order valence-electron chi connectivity index (χ4n) is 1.78. The number of aliphatic hydroxyl groups is 1. The second-order valence-electron chi connectivity index (χ2n) is 3.98. The molecule has 0 spiro atoms. The summed E-state index contributed by atoms with van der Waals surface area (Å²) >= 11 is 0. The van der Waals surface area contributed by atoms with Crippen LogP contribution < -0.4 is 9.47 Å². The van der Waals surface area contributed by atoms with Crippen LogP contribution in [0, 0.1) is 5.82 Å². The highest BCUT2D eigenvalue weighted by Gasteiger charge is 2.05. The Kier molecular flexibility index (Phi) is 4.36. The Hall–Kier alpha value is -2.07. The van der Waals surface area contributed by atoms with Crippen molar-refractivity contribution in [1.82, 2.24) is 0 Å². The van der Waals surface area contributed by atoms with Gasteiger partial charge in [-0.25, -0.2) is 4.39 Å². The first-order valence-electron chi connectivity index (χ1n) is 5.91. The zero-order valence-corrected chi connectivity index (χ0v) is 10.6. The molecule has 0 heterocycles. The van der Waals surface area contributed by atoms with E-state index in [0.717, 1.165) is 5.56 Å². The molecular weight excluding hydrogens is 247 g/mol. The number of hydrogen-bond acceptors (Lipinski definition) is 3. The summed E-state index contributed by atoms with van der Waals surface area (Å²) in [5.41, 5.74) is 1.54. The van der Waals surface area contributed by atoms with Crippen LogP contribution in [0.2, 0.25) is 0 Å². The smallest absolute Gasteiger partial charge is 0.127 e. The van der Waals surface area contributed by atoms with Crippen molar-refractivity contribution in [1.29, 1.82) is 0 Å². The molecule has 0 fully saturated rings. The van der Waals surface area contributed by atoms with Crippen molar-refractivity contribution in [3.63, 3.8) is 0 Å². The lowest BCUT2D eigenvalue weighted by Gasteiger charge is -2.09. The van der Waals surface area contributed by atoms with E-state index in [1.807, 2.05) is 24.3 Å². The van der Waals surface area contributed by atoms with Crippen LogP contribution in [-0.4, -0.2) is 25.4 Å². The molecule has 0 aliphatic rings. The molecule has 0 aromatic heterocycles. The van der Waals surface area contributed by atoms with Crippen molar-refractivity contribution < 1.29 is 19.0 Å². The second-order valence-corrected chi connectivity index (χ2v) is 3.98. The SMILES string of the molecule is COc1cccc(-c2cc(F)cc(OCCO)c2)c1. The minimum absolute atomic E-state index is 0.106. The molecule has 4 heteroatoms. The van der Waals surface area contributed by atoms with Crippen LogP contribution in [0.25, 0.3) is 11.1 Å². The lowest BCUT2D eigenvalue weighted by molar-refractivity contribution is 0.201. The average molecular weight is 262 g/mol. The number of rotatable bonds is 5. The Bertz CT molecular complexity index is 555. The van der Waals surface area contributed by atoms with E-state index in [9.17, 15) is 4.39 Å². The van der Waals surface area contributed by atoms with Gasteiger partial charge in [-0.1, -0.05) is 12.1 Å². The molecule has 2 aromatic rings. The molecule has 0 aliphatic carbocycles. The maximum absolute atomic E-state index is 13.5. The Morgan fingerprint density at radius 1 is 1.05 bits per heavy atom. The summed E-state index contributed by atoms with van der Waals surface area (Å²) in [5, 5.41) is 8.72. The van der Waals surface area contributed by atoms with Gasteiger partial charge in [0.2, 0.25) is 0 Å². The van der Waals surface area contributed by atoms with Gasteiger partial charge in [-0.2, -0.15) is 0 Å². The van der Waals surface area contributed by atoms with Gasteiger partial charge in [-0.3, -0.25) is 0 Å². The number of ether oxygens (including phenoxy) is 2. The van der Waals surface area contributed by atoms with Gasteiger partial charge in [0.25, 0.3) is 0 Å². The van der Waals surface area contributed by atoms with Gasteiger partial charge in [0.15, 0.2) is 0 Å². The van der Waals surface area contributed by atoms with Crippen LogP contribution in [-0.2, 0) is 0 Å². The van der Waals surface area contributed by atoms with Gasteiger partial charge < -0.3 is 14.6 Å². The molecule has 0 saturated heterocycles. The largest absolute Gasteiger partial charge is 0.497 e. The quantitative estimate of drug-likeness (QED) is 0.900. The van der Waals surface area contributed by atoms with E-state index in [0.29, 0.717) is 17.1 Å². The zero-order valence-electron chi connectivity index (χ0n) is 10.6. The summed E-state index contributed by atoms with van der Waals surface area (Å²) in [4.78, 5) is 0. The van der Waals surface area contributed by atoms with E-state index < -0.39 is 0 Å². The van der Waals surface area contributed by atoms with Gasteiger partial charge in [-0.05, 0) is 35.4 Å². The van der Waals surface area contributed by atoms with E-state index >= 15 is 0 Å². The fourth-order valence-corrected chi connectivity index (χ4v) is 1.78. The Balaban J connectivity index is 2.34. The maximum Gasteiger partial charge on any atom is 0.127 e. The normalized spacial score (nSPS) is 10.3. The lowest BCUT2D eigenvalue weighted by Crippen LogP contribution is -2.01. The Morgan fingerprint density at radius 2 is 1.84 bits per heavy atom. The summed E-state index contributed by atoms with van der Waals surface area (Å²) in [6.45, 7) is 0.0337. The van der Waals surface area contributed by atoms with E-state index in [-0.39, 0.29) is 19.0 Å². The number of halogens is 1. The first kappa shape index (κ1) is 13.4. The van der Waals surface area contributed by atoms with Crippen molar-refractivity contribution in [2.45, 2.75) is 0 Å². The molecule has 0 saturated carbocycles. The summed E-state index contributed by atoms with van der Waals surface area (Å²) in [5.74, 6) is 0.722. The molecule has 0 atom stereocenters. The molecule has 3 nitrogen and oxygen atoms in total. The maximum atomic E-state index is 13.5. The van der Waals surface area contributed by atoms with Crippen LogP contribution in [0.4, 0.5) is 4.39 Å². The first-order chi connectivity index (χ1) is 9.22. The van der Waals surface area contributed by atoms with Crippen molar-refractivity contribution in [2.24, 2.45) is 0 Å². The molecule has 100 valence electrons. The van der Waals surface area contributed by atoms with E-state index in [1.54, 1.807) is 13.2 Å². The minimum Gasteiger partial charge on any atom is -0.497 e. The van der Waals surface area contributed by atoms with Gasteiger partial charge in [-0.15, -0.1) is 0 Å². The Labute approximate surface area is 111 Å². The topological polar surface area (TPSA) is 38.7 Å².